The molecular formula is C16H26N2O. The van der Waals surface area contributed by atoms with Crippen LogP contribution in [0.15, 0.2) is 24.3 Å². The van der Waals surface area contributed by atoms with E-state index in [4.69, 9.17) is 10.5 Å². The number of benzene rings is 1. The van der Waals surface area contributed by atoms with Crippen LogP contribution in [0.3, 0.4) is 0 Å². The molecule has 1 saturated carbocycles. The Morgan fingerprint density at radius 1 is 1.32 bits per heavy atom. The van der Waals surface area contributed by atoms with Gasteiger partial charge in [-0.25, -0.2) is 0 Å². The molecule has 2 N–H and O–H groups in total. The van der Waals surface area contributed by atoms with E-state index in [0.717, 1.165) is 24.8 Å². The lowest BCUT2D eigenvalue weighted by Crippen LogP contribution is -2.28. The molecule has 1 aromatic carbocycles. The van der Waals surface area contributed by atoms with Gasteiger partial charge in [0.15, 0.2) is 0 Å². The largest absolute Gasteiger partial charge is 0.496 e. The van der Waals surface area contributed by atoms with E-state index in [1.54, 1.807) is 7.11 Å². The summed E-state index contributed by atoms with van der Waals surface area (Å²) in [5, 5.41) is 0. The maximum atomic E-state index is 6.12. The Morgan fingerprint density at radius 3 is 2.79 bits per heavy atom. The topological polar surface area (TPSA) is 38.5 Å². The fourth-order valence-electron chi connectivity index (χ4n) is 3.01. The number of nitrogens with two attached hydrogens (primary N) is 1. The van der Waals surface area contributed by atoms with Gasteiger partial charge in [0.2, 0.25) is 0 Å². The molecule has 1 aliphatic rings. The second kappa shape index (κ2) is 6.92. The van der Waals surface area contributed by atoms with Gasteiger partial charge in [-0.15, -0.1) is 0 Å². The van der Waals surface area contributed by atoms with Crippen LogP contribution in [0.1, 0.15) is 31.2 Å². The van der Waals surface area contributed by atoms with E-state index >= 15 is 0 Å². The highest BCUT2D eigenvalue weighted by Crippen LogP contribution is 2.27. The van der Waals surface area contributed by atoms with Gasteiger partial charge >= 0.3 is 0 Å². The fourth-order valence-corrected chi connectivity index (χ4v) is 3.01. The van der Waals surface area contributed by atoms with Crippen LogP contribution in [0.4, 0.5) is 0 Å². The average molecular weight is 262 g/mol. The zero-order chi connectivity index (χ0) is 13.7. The third-order valence-corrected chi connectivity index (χ3v) is 4.23. The minimum atomic E-state index is 0.430. The molecule has 0 amide bonds. The molecular weight excluding hydrogens is 236 g/mol. The number of ether oxygens (including phenoxy) is 1. The Hall–Kier alpha value is -1.06. The molecule has 0 heterocycles. The van der Waals surface area contributed by atoms with Gasteiger partial charge < -0.3 is 15.4 Å². The van der Waals surface area contributed by atoms with Crippen molar-refractivity contribution in [3.05, 3.63) is 29.8 Å². The summed E-state index contributed by atoms with van der Waals surface area (Å²) in [6.07, 6.45) is 5.04. The minimum Gasteiger partial charge on any atom is -0.496 e. The highest BCUT2D eigenvalue weighted by molar-refractivity contribution is 5.32. The molecule has 0 aromatic heterocycles. The van der Waals surface area contributed by atoms with Crippen LogP contribution < -0.4 is 10.5 Å². The SMILES string of the molecule is COc1ccccc1CN(C)CCC1CCCC1N. The van der Waals surface area contributed by atoms with E-state index < -0.39 is 0 Å². The maximum absolute atomic E-state index is 6.12. The zero-order valence-electron chi connectivity index (χ0n) is 12.1. The highest BCUT2D eigenvalue weighted by Gasteiger charge is 2.23. The second-order valence-corrected chi connectivity index (χ2v) is 5.69. The Morgan fingerprint density at radius 2 is 2.11 bits per heavy atom. The van der Waals surface area contributed by atoms with Gasteiger partial charge in [0.1, 0.15) is 5.75 Å². The number of nitrogens with zero attached hydrogens (tertiary/aromatic N) is 1. The molecule has 0 spiro atoms. The first kappa shape index (κ1) is 14.4. The van der Waals surface area contributed by atoms with Gasteiger partial charge in [0.05, 0.1) is 7.11 Å². The molecule has 0 aliphatic heterocycles. The van der Waals surface area contributed by atoms with E-state index in [9.17, 15) is 0 Å². The van der Waals surface area contributed by atoms with Crippen molar-refractivity contribution in [2.45, 2.75) is 38.3 Å². The Bertz CT molecular complexity index is 394. The number of hydrogen-bond donors (Lipinski definition) is 1. The van der Waals surface area contributed by atoms with Crippen molar-refractivity contribution < 1.29 is 4.74 Å². The highest BCUT2D eigenvalue weighted by atomic mass is 16.5. The lowest BCUT2D eigenvalue weighted by Gasteiger charge is -2.22. The van der Waals surface area contributed by atoms with Crippen molar-refractivity contribution in [3.63, 3.8) is 0 Å². The molecule has 106 valence electrons. The first-order valence-corrected chi connectivity index (χ1v) is 7.26. The van der Waals surface area contributed by atoms with Crippen LogP contribution >= 0.6 is 0 Å². The van der Waals surface area contributed by atoms with Crippen molar-refractivity contribution >= 4 is 0 Å². The lowest BCUT2D eigenvalue weighted by molar-refractivity contribution is 0.281. The maximum Gasteiger partial charge on any atom is 0.123 e. The summed E-state index contributed by atoms with van der Waals surface area (Å²) in [5.74, 6) is 1.70. The smallest absolute Gasteiger partial charge is 0.123 e. The summed E-state index contributed by atoms with van der Waals surface area (Å²) in [7, 11) is 3.91. The lowest BCUT2D eigenvalue weighted by atomic mass is 10.00. The van der Waals surface area contributed by atoms with E-state index in [-0.39, 0.29) is 0 Å². The second-order valence-electron chi connectivity index (χ2n) is 5.69. The van der Waals surface area contributed by atoms with E-state index in [1.165, 1.54) is 31.2 Å². The molecule has 2 atom stereocenters. The summed E-state index contributed by atoms with van der Waals surface area (Å²) in [6.45, 7) is 2.04. The van der Waals surface area contributed by atoms with Gasteiger partial charge in [-0.05, 0) is 44.8 Å². The van der Waals surface area contributed by atoms with Gasteiger partial charge in [0, 0.05) is 18.2 Å². The number of methoxy groups -OCH3 is 1. The quantitative estimate of drug-likeness (QED) is 0.856. The van der Waals surface area contributed by atoms with Crippen LogP contribution in [-0.4, -0.2) is 31.6 Å². The van der Waals surface area contributed by atoms with Crippen LogP contribution in [0.25, 0.3) is 0 Å². The van der Waals surface area contributed by atoms with E-state index in [1.807, 2.05) is 12.1 Å². The van der Waals surface area contributed by atoms with Crippen molar-refractivity contribution in [2.24, 2.45) is 11.7 Å². The van der Waals surface area contributed by atoms with Gasteiger partial charge in [-0.3, -0.25) is 0 Å². The average Bonchev–Trinajstić information content (AvgIpc) is 2.82. The molecule has 0 bridgehead atoms. The van der Waals surface area contributed by atoms with Crippen molar-refractivity contribution in [1.29, 1.82) is 0 Å². The molecule has 3 nitrogen and oxygen atoms in total. The summed E-state index contributed by atoms with van der Waals surface area (Å²) < 4.78 is 5.39. The molecule has 1 aromatic rings. The van der Waals surface area contributed by atoms with Crippen LogP contribution in [0.2, 0.25) is 0 Å². The molecule has 0 saturated heterocycles. The first-order valence-electron chi connectivity index (χ1n) is 7.26. The van der Waals surface area contributed by atoms with Gasteiger partial charge in [-0.2, -0.15) is 0 Å². The van der Waals surface area contributed by atoms with Crippen LogP contribution in [0, 0.1) is 5.92 Å². The first-order chi connectivity index (χ1) is 9.20. The van der Waals surface area contributed by atoms with E-state index in [0.29, 0.717) is 6.04 Å². The minimum absolute atomic E-state index is 0.430. The van der Waals surface area contributed by atoms with Gasteiger partial charge in [0.25, 0.3) is 0 Å². The van der Waals surface area contributed by atoms with Crippen LogP contribution in [-0.2, 0) is 6.54 Å². The van der Waals surface area contributed by atoms with Crippen molar-refractivity contribution in [3.8, 4) is 5.75 Å². The van der Waals surface area contributed by atoms with E-state index in [2.05, 4.69) is 24.1 Å². The molecule has 2 rings (SSSR count). The molecule has 19 heavy (non-hydrogen) atoms. The Balaban J connectivity index is 1.82. The predicted octanol–water partition coefficient (Wildman–Crippen LogP) is 2.64. The standard InChI is InChI=1S/C16H26N2O/c1-18(11-10-13-7-5-8-15(13)17)12-14-6-3-4-9-16(14)19-2/h3-4,6,9,13,15H,5,7-8,10-12,17H2,1-2H3. The summed E-state index contributed by atoms with van der Waals surface area (Å²) in [5.41, 5.74) is 7.38. The normalized spacial score (nSPS) is 22.9. The van der Waals surface area contributed by atoms with Crippen molar-refractivity contribution in [2.75, 3.05) is 20.7 Å². The third kappa shape index (κ3) is 3.95. The zero-order valence-corrected chi connectivity index (χ0v) is 12.1. The summed E-state index contributed by atoms with van der Waals surface area (Å²) in [6, 6.07) is 8.67. The predicted molar refractivity (Wildman–Crippen MR) is 79.3 cm³/mol. The number of para-hydroxylation sites is 1. The molecule has 1 fully saturated rings. The fraction of sp³-hybridized carbons (Fsp3) is 0.625. The Labute approximate surface area is 116 Å². The van der Waals surface area contributed by atoms with Crippen LogP contribution in [0.5, 0.6) is 5.75 Å². The summed E-state index contributed by atoms with van der Waals surface area (Å²) in [4.78, 5) is 2.36. The Kier molecular flexibility index (Phi) is 5.23. The molecule has 1 aliphatic carbocycles. The number of hydrogen-bond acceptors (Lipinski definition) is 3. The van der Waals surface area contributed by atoms with Gasteiger partial charge in [-0.1, -0.05) is 24.6 Å². The van der Waals surface area contributed by atoms with Crippen molar-refractivity contribution in [1.82, 2.24) is 4.90 Å². The monoisotopic (exact) mass is 262 g/mol. The molecule has 3 heteroatoms. The number of rotatable bonds is 6. The summed E-state index contributed by atoms with van der Waals surface area (Å²) >= 11 is 0. The molecule has 2 unspecified atom stereocenters. The molecule has 0 radical (unpaired) electrons. The third-order valence-electron chi connectivity index (χ3n) is 4.23.